The normalized spacial score (nSPS) is 13.3. The van der Waals surface area contributed by atoms with Crippen LogP contribution < -0.4 is 0 Å². The first kappa shape index (κ1) is 36.4. The van der Waals surface area contributed by atoms with E-state index >= 15 is 0 Å². The predicted molar refractivity (Wildman–Crippen MR) is 165 cm³/mol. The first-order valence-corrected chi connectivity index (χ1v) is 16.3. The van der Waals surface area contributed by atoms with Crippen molar-refractivity contribution in [2.45, 2.75) is 148 Å². The Balaban J connectivity index is 3.65. The van der Waals surface area contributed by atoms with Crippen LogP contribution in [0.3, 0.4) is 0 Å². The summed E-state index contributed by atoms with van der Waals surface area (Å²) in [5.74, 6) is 0. The molecule has 3 nitrogen and oxygen atoms in total. The number of allylic oxidation sites excluding steroid dienone is 4. The zero-order valence-electron chi connectivity index (χ0n) is 26.1. The molecule has 0 aromatic heterocycles. The molecule has 0 rings (SSSR count). The van der Waals surface area contributed by atoms with Gasteiger partial charge in [0.25, 0.3) is 0 Å². The van der Waals surface area contributed by atoms with Crippen molar-refractivity contribution in [3.05, 3.63) is 24.3 Å². The highest BCUT2D eigenvalue weighted by molar-refractivity contribution is 4.80. The average Bonchev–Trinajstić information content (AvgIpc) is 2.86. The van der Waals surface area contributed by atoms with Crippen LogP contribution in [0, 0.1) is 0 Å². The lowest BCUT2D eigenvalue weighted by atomic mass is 10.1. The number of nitrogens with zero attached hydrogens (tertiary/aromatic N) is 1. The molecular formula is C34H68NO2+. The van der Waals surface area contributed by atoms with Gasteiger partial charge in [-0.25, -0.2) is 0 Å². The summed E-state index contributed by atoms with van der Waals surface area (Å²) in [5, 5.41) is 0. The van der Waals surface area contributed by atoms with Crippen LogP contribution in [0.25, 0.3) is 0 Å². The van der Waals surface area contributed by atoms with E-state index in [4.69, 9.17) is 9.47 Å². The molecule has 0 aromatic carbocycles. The number of quaternary nitrogens is 1. The van der Waals surface area contributed by atoms with Gasteiger partial charge in [-0.3, -0.25) is 0 Å². The monoisotopic (exact) mass is 523 g/mol. The third-order valence-electron chi connectivity index (χ3n) is 6.89. The van der Waals surface area contributed by atoms with Gasteiger partial charge >= 0.3 is 0 Å². The van der Waals surface area contributed by atoms with E-state index in [9.17, 15) is 0 Å². The van der Waals surface area contributed by atoms with Crippen LogP contribution in [0.4, 0.5) is 0 Å². The molecule has 0 bridgehead atoms. The van der Waals surface area contributed by atoms with E-state index in [2.05, 4.69) is 59.3 Å². The highest BCUT2D eigenvalue weighted by Crippen LogP contribution is 2.12. The summed E-state index contributed by atoms with van der Waals surface area (Å²) in [4.78, 5) is 0. The Morgan fingerprint density at radius 2 is 0.919 bits per heavy atom. The maximum Gasteiger partial charge on any atom is 0.130 e. The molecule has 1 atom stereocenters. The van der Waals surface area contributed by atoms with E-state index in [1.54, 1.807) is 0 Å². The molecule has 0 N–H and O–H groups in total. The first-order valence-electron chi connectivity index (χ1n) is 16.3. The van der Waals surface area contributed by atoms with Gasteiger partial charge < -0.3 is 14.0 Å². The minimum atomic E-state index is 0.217. The molecule has 0 spiro atoms. The van der Waals surface area contributed by atoms with Gasteiger partial charge in [0, 0.05) is 13.2 Å². The molecule has 0 aromatic rings. The number of rotatable bonds is 29. The van der Waals surface area contributed by atoms with E-state index in [0.29, 0.717) is 0 Å². The van der Waals surface area contributed by atoms with Crippen molar-refractivity contribution in [3.63, 3.8) is 0 Å². The van der Waals surface area contributed by atoms with Crippen LogP contribution in [0.1, 0.15) is 142 Å². The molecule has 3 heteroatoms. The number of hydrogen-bond acceptors (Lipinski definition) is 2. The molecule has 0 aliphatic heterocycles. The van der Waals surface area contributed by atoms with Crippen molar-refractivity contribution in [2.24, 2.45) is 0 Å². The minimum Gasteiger partial charge on any atom is -0.379 e. The molecule has 0 fully saturated rings. The van der Waals surface area contributed by atoms with Crippen molar-refractivity contribution in [1.82, 2.24) is 0 Å². The summed E-state index contributed by atoms with van der Waals surface area (Å²) in [6.45, 7) is 7.94. The summed E-state index contributed by atoms with van der Waals surface area (Å²) < 4.78 is 13.3. The first-order chi connectivity index (χ1) is 18.0. The van der Waals surface area contributed by atoms with Crippen LogP contribution in [0.15, 0.2) is 24.3 Å². The molecule has 0 aliphatic carbocycles. The lowest BCUT2D eigenvalue weighted by molar-refractivity contribution is -0.873. The summed E-state index contributed by atoms with van der Waals surface area (Å²) in [5.41, 5.74) is 0. The van der Waals surface area contributed by atoms with Gasteiger partial charge in [0.2, 0.25) is 0 Å². The van der Waals surface area contributed by atoms with Crippen LogP contribution in [-0.4, -0.2) is 58.1 Å². The van der Waals surface area contributed by atoms with E-state index in [0.717, 1.165) is 30.8 Å². The zero-order chi connectivity index (χ0) is 27.3. The Kier molecular flexibility index (Phi) is 27.9. The van der Waals surface area contributed by atoms with Gasteiger partial charge in [0.1, 0.15) is 12.6 Å². The second-order valence-corrected chi connectivity index (χ2v) is 12.0. The Bertz CT molecular complexity index is 495. The van der Waals surface area contributed by atoms with Crippen molar-refractivity contribution >= 4 is 0 Å². The van der Waals surface area contributed by atoms with E-state index in [-0.39, 0.29) is 6.10 Å². The summed E-state index contributed by atoms with van der Waals surface area (Å²) in [6, 6.07) is 0. The lowest BCUT2D eigenvalue weighted by Gasteiger charge is -2.29. The molecule has 0 heterocycles. The molecular weight excluding hydrogens is 454 g/mol. The minimum absolute atomic E-state index is 0.217. The lowest BCUT2D eigenvalue weighted by Crippen LogP contribution is -2.44. The summed E-state index contributed by atoms with van der Waals surface area (Å²) >= 11 is 0. The second kappa shape index (κ2) is 28.4. The molecule has 0 saturated carbocycles. The van der Waals surface area contributed by atoms with Crippen molar-refractivity contribution in [2.75, 3.05) is 47.5 Å². The molecule has 0 amide bonds. The third kappa shape index (κ3) is 31.5. The number of likely N-dealkylation sites (N-methyl/N-ethyl adjacent to an activating group) is 1. The molecule has 0 radical (unpaired) electrons. The standard InChI is InChI=1S/C34H68NO2/c1-6-8-10-12-14-16-18-20-22-24-26-28-30-36-33-34(32-35(3,4)5)37-31-29-27-25-23-21-19-17-15-13-11-9-7-2/h8-11,34H,6-7,12-33H2,1-5H3/q+1/b10-8-,11-9-/t34-/m0/s1. The van der Waals surface area contributed by atoms with E-state index in [1.165, 1.54) is 128 Å². The SMILES string of the molecule is CC/C=C\CCCCCCCCCCOC[C@H](C[N+](C)(C)C)OCCCCCCCCCC/C=C\CC. The quantitative estimate of drug-likeness (QED) is 0.0552. The van der Waals surface area contributed by atoms with Crippen LogP contribution in [-0.2, 0) is 9.47 Å². The third-order valence-corrected chi connectivity index (χ3v) is 6.89. The smallest absolute Gasteiger partial charge is 0.130 e. The maximum absolute atomic E-state index is 6.27. The number of hydrogen-bond donors (Lipinski definition) is 0. The fourth-order valence-corrected chi connectivity index (χ4v) is 4.75. The van der Waals surface area contributed by atoms with Gasteiger partial charge in [-0.1, -0.05) is 115 Å². The fourth-order valence-electron chi connectivity index (χ4n) is 4.75. The van der Waals surface area contributed by atoms with E-state index < -0.39 is 0 Å². The van der Waals surface area contributed by atoms with Gasteiger partial charge in [-0.15, -0.1) is 0 Å². The Morgan fingerprint density at radius 3 is 1.35 bits per heavy atom. The van der Waals surface area contributed by atoms with Gasteiger partial charge in [-0.05, 0) is 51.4 Å². The van der Waals surface area contributed by atoms with Crippen LogP contribution in [0.5, 0.6) is 0 Å². The highest BCUT2D eigenvalue weighted by Gasteiger charge is 2.19. The van der Waals surface area contributed by atoms with Crippen molar-refractivity contribution < 1.29 is 14.0 Å². The van der Waals surface area contributed by atoms with Crippen LogP contribution >= 0.6 is 0 Å². The number of unbranched alkanes of at least 4 members (excludes halogenated alkanes) is 16. The molecule has 220 valence electrons. The zero-order valence-corrected chi connectivity index (χ0v) is 26.1. The predicted octanol–water partition coefficient (Wildman–Crippen LogP) is 10.0. The Morgan fingerprint density at radius 1 is 0.514 bits per heavy atom. The van der Waals surface area contributed by atoms with Crippen LogP contribution in [0.2, 0.25) is 0 Å². The summed E-state index contributed by atoms with van der Waals surface area (Å²) in [7, 11) is 6.75. The number of ether oxygens (including phenoxy) is 2. The molecule has 0 unspecified atom stereocenters. The van der Waals surface area contributed by atoms with Gasteiger partial charge in [-0.2, -0.15) is 0 Å². The van der Waals surface area contributed by atoms with Gasteiger partial charge in [0.05, 0.1) is 27.7 Å². The highest BCUT2D eigenvalue weighted by atomic mass is 16.5. The van der Waals surface area contributed by atoms with Crippen molar-refractivity contribution in [1.29, 1.82) is 0 Å². The van der Waals surface area contributed by atoms with E-state index in [1.807, 2.05) is 0 Å². The Labute approximate surface area is 234 Å². The molecule has 0 saturated heterocycles. The van der Waals surface area contributed by atoms with Crippen molar-refractivity contribution in [3.8, 4) is 0 Å². The summed E-state index contributed by atoms with van der Waals surface area (Å²) in [6.07, 6.45) is 35.9. The topological polar surface area (TPSA) is 18.5 Å². The van der Waals surface area contributed by atoms with Gasteiger partial charge in [0.15, 0.2) is 0 Å². The average molecular weight is 523 g/mol. The second-order valence-electron chi connectivity index (χ2n) is 12.0. The molecule has 37 heavy (non-hydrogen) atoms. The fraction of sp³-hybridized carbons (Fsp3) is 0.882. The molecule has 0 aliphatic rings. The maximum atomic E-state index is 6.27. The largest absolute Gasteiger partial charge is 0.379 e. The Hall–Kier alpha value is -0.640.